The highest BCUT2D eigenvalue weighted by atomic mass is 32.2. The molecule has 0 aliphatic heterocycles. The lowest BCUT2D eigenvalue weighted by atomic mass is 9.88. The number of aryl methyl sites for hydroxylation is 1. The zero-order valence-electron chi connectivity index (χ0n) is 13.3. The van der Waals surface area contributed by atoms with Crippen molar-refractivity contribution in [3.63, 3.8) is 0 Å². The molecular weight excluding hydrogens is 328 g/mol. The smallest absolute Gasteiger partial charge is 0.258 e. The Labute approximate surface area is 140 Å². The molecule has 2 aromatic carbocycles. The van der Waals surface area contributed by atoms with Crippen LogP contribution in [-0.4, -0.2) is 24.7 Å². The Morgan fingerprint density at radius 1 is 1.12 bits per heavy atom. The van der Waals surface area contributed by atoms with E-state index in [0.29, 0.717) is 0 Å². The molecule has 0 spiro atoms. The van der Waals surface area contributed by atoms with Crippen molar-refractivity contribution in [2.45, 2.75) is 30.2 Å². The first-order chi connectivity index (χ1) is 11.4. The van der Waals surface area contributed by atoms with Crippen molar-refractivity contribution in [2.75, 3.05) is 7.05 Å². The van der Waals surface area contributed by atoms with E-state index < -0.39 is 14.9 Å². The van der Waals surface area contributed by atoms with Gasteiger partial charge in [0, 0.05) is 25.2 Å². The summed E-state index contributed by atoms with van der Waals surface area (Å²) >= 11 is 0. The predicted octanol–water partition coefficient (Wildman–Crippen LogP) is 3.29. The fraction of sp³-hybridized carbons (Fsp3) is 0.294. The number of nitro benzene ring substituents is 1. The SMILES string of the molecule is CN(C1CCCc2ccccc21)S(=O)(=O)c1ccc([N+](=O)[O-])cc1. The first-order valence-electron chi connectivity index (χ1n) is 7.71. The van der Waals surface area contributed by atoms with Gasteiger partial charge < -0.3 is 0 Å². The maximum Gasteiger partial charge on any atom is 0.269 e. The Hall–Kier alpha value is -2.25. The second-order valence-electron chi connectivity index (χ2n) is 5.88. The van der Waals surface area contributed by atoms with Crippen LogP contribution in [-0.2, 0) is 16.4 Å². The summed E-state index contributed by atoms with van der Waals surface area (Å²) < 4.78 is 27.1. The molecule has 0 amide bonds. The van der Waals surface area contributed by atoms with Crippen LogP contribution in [0.25, 0.3) is 0 Å². The molecule has 2 aromatic rings. The Kier molecular flexibility index (Phi) is 4.38. The standard InChI is InChI=1S/C17H18N2O4S/c1-18(17-8-4-6-13-5-2-3-7-16(13)17)24(22,23)15-11-9-14(10-12-15)19(20)21/h2-3,5,7,9-12,17H,4,6,8H2,1H3. The zero-order chi connectivity index (χ0) is 17.3. The highest BCUT2D eigenvalue weighted by molar-refractivity contribution is 7.89. The average molecular weight is 346 g/mol. The summed E-state index contributed by atoms with van der Waals surface area (Å²) in [5.41, 5.74) is 2.09. The van der Waals surface area contributed by atoms with Gasteiger partial charge in [0.25, 0.3) is 5.69 Å². The molecule has 7 heteroatoms. The molecule has 0 saturated heterocycles. The van der Waals surface area contributed by atoms with Crippen molar-refractivity contribution >= 4 is 15.7 Å². The number of sulfonamides is 1. The summed E-state index contributed by atoms with van der Waals surface area (Å²) in [5.74, 6) is 0. The van der Waals surface area contributed by atoms with Crippen molar-refractivity contribution in [3.8, 4) is 0 Å². The molecule has 6 nitrogen and oxygen atoms in total. The van der Waals surface area contributed by atoms with Crippen LogP contribution in [0.4, 0.5) is 5.69 Å². The minimum absolute atomic E-state index is 0.0682. The molecule has 0 saturated carbocycles. The molecule has 0 bridgehead atoms. The predicted molar refractivity (Wildman–Crippen MR) is 90.2 cm³/mol. The molecule has 0 heterocycles. The van der Waals surface area contributed by atoms with Gasteiger partial charge in [0.15, 0.2) is 0 Å². The van der Waals surface area contributed by atoms with Crippen molar-refractivity contribution in [2.24, 2.45) is 0 Å². The molecule has 1 aliphatic carbocycles. The normalized spacial score (nSPS) is 17.5. The van der Waals surface area contributed by atoms with Gasteiger partial charge in [0.05, 0.1) is 9.82 Å². The summed E-state index contributed by atoms with van der Waals surface area (Å²) in [5, 5.41) is 10.7. The summed E-state index contributed by atoms with van der Waals surface area (Å²) in [6, 6.07) is 12.7. The van der Waals surface area contributed by atoms with Gasteiger partial charge >= 0.3 is 0 Å². The van der Waals surface area contributed by atoms with Crippen LogP contribution in [0, 0.1) is 10.1 Å². The summed E-state index contributed by atoms with van der Waals surface area (Å²) in [6.45, 7) is 0. The molecule has 1 aliphatic rings. The number of hydrogen-bond acceptors (Lipinski definition) is 4. The van der Waals surface area contributed by atoms with Gasteiger partial charge in [0.1, 0.15) is 0 Å². The van der Waals surface area contributed by atoms with Crippen LogP contribution in [0.1, 0.15) is 30.0 Å². The molecule has 0 N–H and O–H groups in total. The van der Waals surface area contributed by atoms with Crippen LogP contribution in [0.15, 0.2) is 53.4 Å². The van der Waals surface area contributed by atoms with E-state index in [1.54, 1.807) is 7.05 Å². The number of benzene rings is 2. The van der Waals surface area contributed by atoms with E-state index in [4.69, 9.17) is 0 Å². The second-order valence-corrected chi connectivity index (χ2v) is 7.88. The first-order valence-corrected chi connectivity index (χ1v) is 9.15. The van der Waals surface area contributed by atoms with Gasteiger partial charge in [-0.15, -0.1) is 0 Å². The number of hydrogen-bond donors (Lipinski definition) is 0. The Bertz CT molecular complexity index is 862. The number of fused-ring (bicyclic) bond motifs is 1. The molecule has 1 unspecified atom stereocenters. The minimum atomic E-state index is -3.71. The highest BCUT2D eigenvalue weighted by Crippen LogP contribution is 2.36. The summed E-state index contributed by atoms with van der Waals surface area (Å²) in [7, 11) is -2.14. The highest BCUT2D eigenvalue weighted by Gasteiger charge is 2.32. The Morgan fingerprint density at radius 2 is 1.79 bits per heavy atom. The van der Waals surface area contributed by atoms with Crippen LogP contribution >= 0.6 is 0 Å². The number of non-ortho nitro benzene ring substituents is 1. The summed E-state index contributed by atoms with van der Waals surface area (Å²) in [4.78, 5) is 10.3. The Balaban J connectivity index is 1.94. The number of rotatable bonds is 4. The third-order valence-electron chi connectivity index (χ3n) is 4.50. The van der Waals surface area contributed by atoms with Gasteiger partial charge in [-0.1, -0.05) is 24.3 Å². The lowest BCUT2D eigenvalue weighted by Gasteiger charge is -2.32. The second kappa shape index (κ2) is 6.33. The monoisotopic (exact) mass is 346 g/mol. The topological polar surface area (TPSA) is 80.5 Å². The van der Waals surface area contributed by atoms with Crippen LogP contribution in [0.2, 0.25) is 0 Å². The van der Waals surface area contributed by atoms with Crippen LogP contribution in [0.5, 0.6) is 0 Å². The molecule has 0 fully saturated rings. The molecule has 126 valence electrons. The third kappa shape index (κ3) is 2.92. The van der Waals surface area contributed by atoms with Crippen LogP contribution < -0.4 is 0 Å². The van der Waals surface area contributed by atoms with Gasteiger partial charge in [-0.3, -0.25) is 10.1 Å². The quantitative estimate of drug-likeness (QED) is 0.628. The first kappa shape index (κ1) is 16.6. The zero-order valence-corrected chi connectivity index (χ0v) is 14.1. The average Bonchev–Trinajstić information content (AvgIpc) is 2.60. The lowest BCUT2D eigenvalue weighted by Crippen LogP contribution is -2.33. The lowest BCUT2D eigenvalue weighted by molar-refractivity contribution is -0.384. The van der Waals surface area contributed by atoms with E-state index in [1.165, 1.54) is 34.1 Å². The fourth-order valence-corrected chi connectivity index (χ4v) is 4.55. The molecule has 0 radical (unpaired) electrons. The van der Waals surface area contributed by atoms with Crippen molar-refractivity contribution in [1.29, 1.82) is 0 Å². The minimum Gasteiger partial charge on any atom is -0.258 e. The van der Waals surface area contributed by atoms with Crippen molar-refractivity contribution in [1.82, 2.24) is 4.31 Å². The molecular formula is C17H18N2O4S. The van der Waals surface area contributed by atoms with Crippen molar-refractivity contribution in [3.05, 3.63) is 69.8 Å². The Morgan fingerprint density at radius 3 is 2.46 bits per heavy atom. The molecule has 0 aromatic heterocycles. The molecule has 1 atom stereocenters. The van der Waals surface area contributed by atoms with E-state index in [1.807, 2.05) is 24.3 Å². The van der Waals surface area contributed by atoms with Gasteiger partial charge in [-0.2, -0.15) is 4.31 Å². The third-order valence-corrected chi connectivity index (χ3v) is 6.38. The van der Waals surface area contributed by atoms with Crippen LogP contribution in [0.3, 0.4) is 0 Å². The number of nitrogens with zero attached hydrogens (tertiary/aromatic N) is 2. The maximum atomic E-state index is 12.9. The van der Waals surface area contributed by atoms with Crippen molar-refractivity contribution < 1.29 is 13.3 Å². The molecule has 24 heavy (non-hydrogen) atoms. The number of nitro groups is 1. The fourth-order valence-electron chi connectivity index (χ4n) is 3.18. The van der Waals surface area contributed by atoms with E-state index >= 15 is 0 Å². The summed E-state index contributed by atoms with van der Waals surface area (Å²) in [6.07, 6.45) is 2.65. The largest absolute Gasteiger partial charge is 0.269 e. The van der Waals surface area contributed by atoms with Gasteiger partial charge in [0.2, 0.25) is 10.0 Å². The van der Waals surface area contributed by atoms with E-state index in [0.717, 1.165) is 24.8 Å². The van der Waals surface area contributed by atoms with E-state index in [-0.39, 0.29) is 16.6 Å². The van der Waals surface area contributed by atoms with E-state index in [9.17, 15) is 18.5 Å². The maximum absolute atomic E-state index is 12.9. The van der Waals surface area contributed by atoms with Gasteiger partial charge in [-0.05, 0) is 42.5 Å². The van der Waals surface area contributed by atoms with Gasteiger partial charge in [-0.25, -0.2) is 8.42 Å². The molecule has 3 rings (SSSR count). The van der Waals surface area contributed by atoms with E-state index in [2.05, 4.69) is 0 Å².